The lowest BCUT2D eigenvalue weighted by Gasteiger charge is -2.04. The van der Waals surface area contributed by atoms with Gasteiger partial charge in [-0.1, -0.05) is 0 Å². The van der Waals surface area contributed by atoms with E-state index in [0.717, 1.165) is 0 Å². The molecule has 1 aromatic carbocycles. The van der Waals surface area contributed by atoms with Gasteiger partial charge in [0.25, 0.3) is 11.2 Å². The van der Waals surface area contributed by atoms with Crippen LogP contribution in [0, 0.1) is 10.1 Å². The minimum Gasteiger partial charge on any atom is -0.497 e. The molecule has 0 spiro atoms. The fourth-order valence-electron chi connectivity index (χ4n) is 2.54. The van der Waals surface area contributed by atoms with Crippen molar-refractivity contribution in [3.8, 4) is 17.0 Å². The van der Waals surface area contributed by atoms with Crippen LogP contribution in [-0.4, -0.2) is 34.0 Å². The van der Waals surface area contributed by atoms with Crippen molar-refractivity contribution in [3.05, 3.63) is 74.5 Å². The van der Waals surface area contributed by atoms with E-state index in [1.54, 1.807) is 25.5 Å². The SMILES string of the molecule is CNc1cncc(-c2c[nH]c(=O)c(/C=C/c3cc(OC)ccc3[N+](=O)[O-])c2)n1. The Balaban J connectivity index is 2.01. The van der Waals surface area contributed by atoms with Crippen LogP contribution >= 0.6 is 0 Å². The van der Waals surface area contributed by atoms with Crippen LogP contribution in [0.5, 0.6) is 5.75 Å². The number of nitrogens with one attached hydrogen (secondary N) is 2. The van der Waals surface area contributed by atoms with Gasteiger partial charge in [0.15, 0.2) is 0 Å². The van der Waals surface area contributed by atoms with E-state index >= 15 is 0 Å². The molecule has 0 radical (unpaired) electrons. The van der Waals surface area contributed by atoms with E-state index in [2.05, 4.69) is 20.3 Å². The van der Waals surface area contributed by atoms with Gasteiger partial charge in [0, 0.05) is 30.4 Å². The minimum atomic E-state index is -0.487. The highest BCUT2D eigenvalue weighted by Gasteiger charge is 2.12. The normalized spacial score (nSPS) is 10.8. The molecule has 0 aliphatic carbocycles. The Hall–Kier alpha value is -4.01. The molecule has 3 aromatic rings. The van der Waals surface area contributed by atoms with Gasteiger partial charge in [-0.3, -0.25) is 19.9 Å². The number of nitro groups is 1. The zero-order valence-electron chi connectivity index (χ0n) is 15.2. The van der Waals surface area contributed by atoms with E-state index in [9.17, 15) is 14.9 Å². The summed E-state index contributed by atoms with van der Waals surface area (Å²) in [5.41, 5.74) is 1.46. The van der Waals surface area contributed by atoms with E-state index < -0.39 is 4.92 Å². The monoisotopic (exact) mass is 379 g/mol. The molecular weight excluding hydrogens is 362 g/mol. The lowest BCUT2D eigenvalue weighted by atomic mass is 10.1. The van der Waals surface area contributed by atoms with Gasteiger partial charge in [0.05, 0.1) is 35.7 Å². The largest absolute Gasteiger partial charge is 0.497 e. The summed E-state index contributed by atoms with van der Waals surface area (Å²) in [5, 5.41) is 14.1. The van der Waals surface area contributed by atoms with Gasteiger partial charge in [-0.05, 0) is 30.4 Å². The van der Waals surface area contributed by atoms with Gasteiger partial charge < -0.3 is 15.0 Å². The van der Waals surface area contributed by atoms with Crippen LogP contribution in [0.3, 0.4) is 0 Å². The van der Waals surface area contributed by atoms with Gasteiger partial charge in [0.2, 0.25) is 0 Å². The average Bonchev–Trinajstić information content (AvgIpc) is 2.72. The van der Waals surface area contributed by atoms with Crippen LogP contribution in [0.25, 0.3) is 23.4 Å². The number of nitro benzene ring substituents is 1. The molecule has 142 valence electrons. The molecular formula is C19H17N5O4. The summed E-state index contributed by atoms with van der Waals surface area (Å²) in [7, 11) is 3.21. The maximum absolute atomic E-state index is 12.2. The van der Waals surface area contributed by atoms with Gasteiger partial charge in [-0.25, -0.2) is 4.98 Å². The summed E-state index contributed by atoms with van der Waals surface area (Å²) < 4.78 is 5.12. The second-order valence-electron chi connectivity index (χ2n) is 5.73. The molecule has 2 N–H and O–H groups in total. The molecule has 0 fully saturated rings. The number of nitrogens with zero attached hydrogens (tertiary/aromatic N) is 3. The molecule has 0 saturated heterocycles. The van der Waals surface area contributed by atoms with Crippen molar-refractivity contribution < 1.29 is 9.66 Å². The first-order valence-corrected chi connectivity index (χ1v) is 8.25. The molecule has 2 heterocycles. The van der Waals surface area contributed by atoms with Crippen molar-refractivity contribution >= 4 is 23.7 Å². The second-order valence-corrected chi connectivity index (χ2v) is 5.73. The van der Waals surface area contributed by atoms with E-state index in [1.165, 1.54) is 43.7 Å². The Labute approximate surface area is 159 Å². The van der Waals surface area contributed by atoms with Crippen molar-refractivity contribution in [2.75, 3.05) is 19.5 Å². The van der Waals surface area contributed by atoms with Gasteiger partial charge in [0.1, 0.15) is 11.6 Å². The van der Waals surface area contributed by atoms with Crippen molar-refractivity contribution in [1.82, 2.24) is 15.0 Å². The number of ether oxygens (including phenoxy) is 1. The van der Waals surface area contributed by atoms with Crippen LogP contribution in [0.1, 0.15) is 11.1 Å². The molecule has 9 heteroatoms. The first-order valence-electron chi connectivity index (χ1n) is 8.25. The number of rotatable bonds is 6. The Morgan fingerprint density at radius 1 is 1.21 bits per heavy atom. The van der Waals surface area contributed by atoms with E-state index in [4.69, 9.17) is 4.74 Å². The third-order valence-corrected chi connectivity index (χ3v) is 3.99. The quantitative estimate of drug-likeness (QED) is 0.498. The fourth-order valence-corrected chi connectivity index (χ4v) is 2.54. The predicted molar refractivity (Wildman–Crippen MR) is 106 cm³/mol. The third-order valence-electron chi connectivity index (χ3n) is 3.99. The molecule has 28 heavy (non-hydrogen) atoms. The first-order chi connectivity index (χ1) is 13.5. The number of H-pyrrole nitrogens is 1. The molecule has 0 aliphatic rings. The number of anilines is 1. The number of pyridine rings is 1. The zero-order valence-corrected chi connectivity index (χ0v) is 15.2. The van der Waals surface area contributed by atoms with E-state index in [1.807, 2.05) is 0 Å². The van der Waals surface area contributed by atoms with Crippen molar-refractivity contribution in [1.29, 1.82) is 0 Å². The van der Waals surface area contributed by atoms with Crippen LogP contribution in [0.15, 0.2) is 47.7 Å². The Morgan fingerprint density at radius 3 is 2.71 bits per heavy atom. The van der Waals surface area contributed by atoms with Crippen LogP contribution in [0.4, 0.5) is 11.5 Å². The number of aromatic amines is 1. The summed E-state index contributed by atoms with van der Waals surface area (Å²) in [5.74, 6) is 1.07. The Morgan fingerprint density at radius 2 is 2.00 bits per heavy atom. The highest BCUT2D eigenvalue weighted by Crippen LogP contribution is 2.26. The molecule has 0 atom stereocenters. The summed E-state index contributed by atoms with van der Waals surface area (Å²) >= 11 is 0. The molecule has 0 aliphatic heterocycles. The lowest BCUT2D eigenvalue weighted by molar-refractivity contribution is -0.385. The Kier molecular flexibility index (Phi) is 5.45. The highest BCUT2D eigenvalue weighted by molar-refractivity contribution is 5.76. The van der Waals surface area contributed by atoms with Crippen molar-refractivity contribution in [3.63, 3.8) is 0 Å². The van der Waals surface area contributed by atoms with Crippen molar-refractivity contribution in [2.24, 2.45) is 0 Å². The molecule has 2 aromatic heterocycles. The Bertz CT molecular complexity index is 1110. The molecule has 3 rings (SSSR count). The molecule has 0 bridgehead atoms. The number of hydrogen-bond donors (Lipinski definition) is 2. The molecule has 9 nitrogen and oxygen atoms in total. The fraction of sp³-hybridized carbons (Fsp3) is 0.105. The smallest absolute Gasteiger partial charge is 0.276 e. The topological polar surface area (TPSA) is 123 Å². The molecule has 0 amide bonds. The maximum Gasteiger partial charge on any atom is 0.276 e. The van der Waals surface area contributed by atoms with Gasteiger partial charge in [-0.15, -0.1) is 0 Å². The summed E-state index contributed by atoms with van der Waals surface area (Å²) in [6, 6.07) is 6.05. The summed E-state index contributed by atoms with van der Waals surface area (Å²) in [4.78, 5) is 34.1. The van der Waals surface area contributed by atoms with Crippen LogP contribution < -0.4 is 15.6 Å². The maximum atomic E-state index is 12.2. The van der Waals surface area contributed by atoms with Gasteiger partial charge >= 0.3 is 0 Å². The second kappa shape index (κ2) is 8.12. The van der Waals surface area contributed by atoms with Crippen molar-refractivity contribution in [2.45, 2.75) is 0 Å². The summed E-state index contributed by atoms with van der Waals surface area (Å²) in [6.07, 6.45) is 7.72. The molecule has 0 saturated carbocycles. The standard InChI is InChI=1S/C19H17N5O4/c1-20-18-11-21-10-16(23-18)14-7-13(19(25)22-9-14)4-3-12-8-15(28-2)5-6-17(12)24(26)27/h3-11H,1-2H3,(H,20,23)(H,22,25)/b4-3+. The van der Waals surface area contributed by atoms with Gasteiger partial charge in [-0.2, -0.15) is 0 Å². The number of benzene rings is 1. The summed E-state index contributed by atoms with van der Waals surface area (Å²) in [6.45, 7) is 0. The average molecular weight is 379 g/mol. The van der Waals surface area contributed by atoms with E-state index in [-0.39, 0.29) is 11.2 Å². The minimum absolute atomic E-state index is 0.0859. The first kappa shape index (κ1) is 18.8. The number of methoxy groups -OCH3 is 1. The number of aromatic nitrogens is 3. The molecule has 0 unspecified atom stereocenters. The zero-order chi connectivity index (χ0) is 20.1. The predicted octanol–water partition coefficient (Wildman–Crippen LogP) is 2.96. The lowest BCUT2D eigenvalue weighted by Crippen LogP contribution is -2.08. The number of hydrogen-bond acceptors (Lipinski definition) is 7. The van der Waals surface area contributed by atoms with E-state index in [0.29, 0.717) is 34.0 Å². The third kappa shape index (κ3) is 4.04. The van der Waals surface area contributed by atoms with Crippen LogP contribution in [0.2, 0.25) is 0 Å². The highest BCUT2D eigenvalue weighted by atomic mass is 16.6. The van der Waals surface area contributed by atoms with Crippen LogP contribution in [-0.2, 0) is 0 Å².